The second kappa shape index (κ2) is 18.7. The number of hydrogen-bond donors (Lipinski definition) is 2. The lowest BCUT2D eigenvalue weighted by molar-refractivity contribution is -0.139. The molecule has 42 heavy (non-hydrogen) atoms. The van der Waals surface area contributed by atoms with E-state index in [1.807, 2.05) is 60.3 Å². The Kier molecular flexibility index (Phi) is 14.9. The summed E-state index contributed by atoms with van der Waals surface area (Å²) in [4.78, 5) is 28.4. The zero-order valence-electron chi connectivity index (χ0n) is 24.2. The monoisotopic (exact) mass is 574 g/mol. The maximum absolute atomic E-state index is 12.3. The Balaban J connectivity index is 1.69. The number of esters is 2. The molecule has 0 aromatic heterocycles. The van der Waals surface area contributed by atoms with Crippen LogP contribution in [0.15, 0.2) is 59.7 Å². The quantitative estimate of drug-likeness (QED) is 0.124. The van der Waals surface area contributed by atoms with E-state index in [9.17, 15) is 20.1 Å². The van der Waals surface area contributed by atoms with Crippen molar-refractivity contribution in [2.45, 2.75) is 25.7 Å². The molecule has 0 unspecified atom stereocenters. The van der Waals surface area contributed by atoms with Crippen molar-refractivity contribution >= 4 is 35.5 Å². The van der Waals surface area contributed by atoms with E-state index in [4.69, 9.17) is 19.7 Å². The first-order chi connectivity index (χ1) is 20.3. The Hall–Kier alpha value is -4.64. The van der Waals surface area contributed by atoms with E-state index in [0.717, 1.165) is 24.2 Å². The molecule has 10 heteroatoms. The first-order valence-electron chi connectivity index (χ1n) is 13.7. The van der Waals surface area contributed by atoms with Gasteiger partial charge in [-0.15, -0.1) is 0 Å². The molecule has 0 atom stereocenters. The summed E-state index contributed by atoms with van der Waals surface area (Å²) in [6.07, 6.45) is 5.61. The molecule has 2 aromatic rings. The molecule has 0 saturated heterocycles. The van der Waals surface area contributed by atoms with Gasteiger partial charge in [-0.3, -0.25) is 0 Å². The minimum absolute atomic E-state index is 0.0414. The molecule has 222 valence electrons. The molecule has 0 bridgehead atoms. The smallest absolute Gasteiger partial charge is 0.348 e. The van der Waals surface area contributed by atoms with Gasteiger partial charge in [-0.2, -0.15) is 10.5 Å². The molecule has 2 N–H and O–H groups in total. The predicted molar refractivity (Wildman–Crippen MR) is 161 cm³/mol. The molecule has 0 aliphatic carbocycles. The van der Waals surface area contributed by atoms with E-state index < -0.39 is 11.9 Å². The molecule has 0 aliphatic rings. The molecule has 0 heterocycles. The van der Waals surface area contributed by atoms with Crippen molar-refractivity contribution in [2.75, 3.05) is 63.4 Å². The Labute approximate surface area is 247 Å². The average molecular weight is 575 g/mol. The first-order valence-corrected chi connectivity index (χ1v) is 13.7. The standard InChI is InChI=1S/C32H38N4O6/c1-35(15-17-37)29-11-7-25(8-12-29)21-27(23-33)31(39)41-19-5-3-4-6-20-42-32(40)28(24-34)22-26-9-13-30(14-10-26)36(2)16-18-38/h7-14,21-22,37-38H,3-6,15-20H2,1-2H3/b27-21+,28-22+. The summed E-state index contributed by atoms with van der Waals surface area (Å²) in [6, 6.07) is 18.3. The van der Waals surface area contributed by atoms with Crippen molar-refractivity contribution in [1.29, 1.82) is 10.5 Å². The van der Waals surface area contributed by atoms with Gasteiger partial charge >= 0.3 is 11.9 Å². The molecule has 0 fully saturated rings. The summed E-state index contributed by atoms with van der Waals surface area (Å²) in [6.45, 7) is 1.41. The third-order valence-electron chi connectivity index (χ3n) is 6.35. The molecule has 0 spiro atoms. The number of carbonyl (C=O) groups is 2. The largest absolute Gasteiger partial charge is 0.462 e. The highest BCUT2D eigenvalue weighted by atomic mass is 16.5. The van der Waals surface area contributed by atoms with Crippen LogP contribution in [0.5, 0.6) is 0 Å². The highest BCUT2D eigenvalue weighted by molar-refractivity contribution is 5.98. The number of unbranched alkanes of at least 4 members (excludes halogenated alkanes) is 3. The maximum Gasteiger partial charge on any atom is 0.348 e. The van der Waals surface area contributed by atoms with Gasteiger partial charge in [0.05, 0.1) is 26.4 Å². The van der Waals surface area contributed by atoms with Crippen LogP contribution in [0.1, 0.15) is 36.8 Å². The second-order valence-corrected chi connectivity index (χ2v) is 9.50. The molecule has 0 saturated carbocycles. The number of aliphatic hydroxyl groups excluding tert-OH is 2. The summed E-state index contributed by atoms with van der Waals surface area (Å²) in [5.41, 5.74) is 3.00. The average Bonchev–Trinajstić information content (AvgIpc) is 3.00. The zero-order valence-corrected chi connectivity index (χ0v) is 24.2. The van der Waals surface area contributed by atoms with Gasteiger partial charge in [-0.1, -0.05) is 24.3 Å². The van der Waals surface area contributed by atoms with Crippen molar-refractivity contribution in [3.05, 3.63) is 70.8 Å². The number of ether oxygens (including phenoxy) is 2. The van der Waals surface area contributed by atoms with Gasteiger partial charge in [-0.05, 0) is 73.2 Å². The van der Waals surface area contributed by atoms with Gasteiger partial charge in [0.25, 0.3) is 0 Å². The van der Waals surface area contributed by atoms with E-state index in [1.54, 1.807) is 24.3 Å². The van der Waals surface area contributed by atoms with Gasteiger partial charge in [0.15, 0.2) is 0 Å². The van der Waals surface area contributed by atoms with Crippen LogP contribution < -0.4 is 9.80 Å². The fourth-order valence-corrected chi connectivity index (χ4v) is 3.86. The SMILES string of the molecule is CN(CCO)c1ccc(/C=C(\C#N)C(=O)OCCCCCCOC(=O)/C(C#N)=C/c2ccc(N(C)CCO)cc2)cc1. The summed E-state index contributed by atoms with van der Waals surface area (Å²) in [5.74, 6) is -1.37. The molecular weight excluding hydrogens is 536 g/mol. The van der Waals surface area contributed by atoms with Crippen molar-refractivity contribution in [1.82, 2.24) is 0 Å². The van der Waals surface area contributed by atoms with Crippen LogP contribution in [0, 0.1) is 22.7 Å². The van der Waals surface area contributed by atoms with Gasteiger partial charge in [0.1, 0.15) is 23.3 Å². The van der Waals surface area contributed by atoms with Gasteiger partial charge in [0.2, 0.25) is 0 Å². The van der Waals surface area contributed by atoms with Gasteiger partial charge in [0, 0.05) is 38.6 Å². The number of benzene rings is 2. The Bertz CT molecular complexity index is 1190. The van der Waals surface area contributed by atoms with Crippen LogP contribution in [0.25, 0.3) is 12.2 Å². The number of nitriles is 2. The summed E-state index contributed by atoms with van der Waals surface area (Å²) < 4.78 is 10.5. The lowest BCUT2D eigenvalue weighted by atomic mass is 10.1. The minimum Gasteiger partial charge on any atom is -0.462 e. The number of carbonyl (C=O) groups excluding carboxylic acids is 2. The number of likely N-dealkylation sites (N-methyl/N-ethyl adjacent to an activating group) is 2. The Morgan fingerprint density at radius 2 is 1.05 bits per heavy atom. The van der Waals surface area contributed by atoms with Gasteiger partial charge in [-0.25, -0.2) is 9.59 Å². The second-order valence-electron chi connectivity index (χ2n) is 9.50. The van der Waals surface area contributed by atoms with Crippen LogP contribution in [-0.4, -0.2) is 75.8 Å². The first kappa shape index (κ1) is 33.6. The van der Waals surface area contributed by atoms with Crippen molar-refractivity contribution < 1.29 is 29.3 Å². The molecule has 10 nitrogen and oxygen atoms in total. The molecule has 2 aromatic carbocycles. The Morgan fingerprint density at radius 3 is 1.36 bits per heavy atom. The summed E-state index contributed by atoms with van der Waals surface area (Å²) in [5, 5.41) is 36.8. The van der Waals surface area contributed by atoms with E-state index in [0.29, 0.717) is 37.1 Å². The molecule has 0 amide bonds. The van der Waals surface area contributed by atoms with Crippen LogP contribution in [0.2, 0.25) is 0 Å². The minimum atomic E-state index is -0.685. The van der Waals surface area contributed by atoms with E-state index in [-0.39, 0.29) is 37.6 Å². The number of hydrogen-bond acceptors (Lipinski definition) is 10. The fraction of sp³-hybridized carbons (Fsp3) is 0.375. The number of aliphatic hydroxyl groups is 2. The zero-order chi connectivity index (χ0) is 30.7. The normalized spacial score (nSPS) is 11.3. The topological polar surface area (TPSA) is 147 Å². The molecule has 0 radical (unpaired) electrons. The lowest BCUT2D eigenvalue weighted by Gasteiger charge is -2.17. The third-order valence-corrected chi connectivity index (χ3v) is 6.35. The summed E-state index contributed by atoms with van der Waals surface area (Å²) in [7, 11) is 3.72. The van der Waals surface area contributed by atoms with Crippen molar-refractivity contribution in [2.24, 2.45) is 0 Å². The van der Waals surface area contributed by atoms with E-state index in [1.165, 1.54) is 12.2 Å². The highest BCUT2D eigenvalue weighted by Gasteiger charge is 2.12. The van der Waals surface area contributed by atoms with Crippen LogP contribution >= 0.6 is 0 Å². The highest BCUT2D eigenvalue weighted by Crippen LogP contribution is 2.17. The number of nitrogens with zero attached hydrogens (tertiary/aromatic N) is 4. The van der Waals surface area contributed by atoms with Crippen LogP contribution in [-0.2, 0) is 19.1 Å². The van der Waals surface area contributed by atoms with Crippen molar-refractivity contribution in [3.63, 3.8) is 0 Å². The van der Waals surface area contributed by atoms with E-state index in [2.05, 4.69) is 0 Å². The number of anilines is 2. The maximum atomic E-state index is 12.3. The molecular formula is C32H38N4O6. The van der Waals surface area contributed by atoms with Crippen LogP contribution in [0.4, 0.5) is 11.4 Å². The van der Waals surface area contributed by atoms with E-state index >= 15 is 0 Å². The fourth-order valence-electron chi connectivity index (χ4n) is 3.86. The lowest BCUT2D eigenvalue weighted by Crippen LogP contribution is -2.20. The third kappa shape index (κ3) is 11.5. The van der Waals surface area contributed by atoms with Crippen molar-refractivity contribution in [3.8, 4) is 12.1 Å². The Morgan fingerprint density at radius 1 is 0.690 bits per heavy atom. The number of rotatable bonds is 17. The predicted octanol–water partition coefficient (Wildman–Crippen LogP) is 3.70. The molecule has 0 aliphatic heterocycles. The van der Waals surface area contributed by atoms with Gasteiger partial charge < -0.3 is 29.5 Å². The molecule has 2 rings (SSSR count). The van der Waals surface area contributed by atoms with Crippen LogP contribution in [0.3, 0.4) is 0 Å². The summed E-state index contributed by atoms with van der Waals surface area (Å²) >= 11 is 0.